The van der Waals surface area contributed by atoms with Gasteiger partial charge in [0.25, 0.3) is 5.56 Å². The van der Waals surface area contributed by atoms with E-state index in [2.05, 4.69) is 37.5 Å². The number of unbranched alkanes of at least 4 members (excludes halogenated alkanes) is 1. The number of aromatic nitrogens is 8. The lowest BCUT2D eigenvalue weighted by Gasteiger charge is -2.11. The van der Waals surface area contributed by atoms with Crippen molar-refractivity contribution in [3.63, 3.8) is 0 Å². The van der Waals surface area contributed by atoms with Gasteiger partial charge in [0.2, 0.25) is 0 Å². The summed E-state index contributed by atoms with van der Waals surface area (Å²) in [5.41, 5.74) is 2.92. The second-order valence-corrected chi connectivity index (χ2v) is 8.80. The molecule has 0 spiro atoms. The van der Waals surface area contributed by atoms with E-state index in [4.69, 9.17) is 4.74 Å². The topological polar surface area (TPSA) is 153 Å². The molecule has 0 amide bonds. The Morgan fingerprint density at radius 2 is 1.79 bits per heavy atom. The fraction of sp³-hybridized carbons (Fsp3) is 0.269. The van der Waals surface area contributed by atoms with Crippen LogP contribution in [0.4, 0.5) is 0 Å². The second kappa shape index (κ2) is 10.6. The average Bonchev–Trinajstić information content (AvgIpc) is 3.59. The molecule has 0 fully saturated rings. The Morgan fingerprint density at radius 1 is 1.03 bits per heavy atom. The van der Waals surface area contributed by atoms with Crippen molar-refractivity contribution in [2.45, 2.75) is 39.3 Å². The molecule has 3 aromatic heterocycles. The van der Waals surface area contributed by atoms with Crippen LogP contribution in [-0.4, -0.2) is 52.8 Å². The number of methoxy groups -OCH3 is 1. The van der Waals surface area contributed by atoms with Gasteiger partial charge in [0.1, 0.15) is 12.4 Å². The predicted molar refractivity (Wildman–Crippen MR) is 139 cm³/mol. The first kappa shape index (κ1) is 24.8. The molecule has 0 radical (unpaired) electrons. The summed E-state index contributed by atoms with van der Waals surface area (Å²) in [5.74, 6) is 0.637. The van der Waals surface area contributed by atoms with Crippen LogP contribution in [0, 0.1) is 0 Å². The number of benzene rings is 2. The highest BCUT2D eigenvalue weighted by atomic mass is 16.5. The lowest BCUT2D eigenvalue weighted by molar-refractivity contribution is -0.141. The number of nitrogens with one attached hydrogen (secondary N) is 2. The maximum Gasteiger partial charge on any atom is 0.330 e. The number of imidazole rings is 1. The normalized spacial score (nSPS) is 11.2. The highest BCUT2D eigenvalue weighted by molar-refractivity contribution is 5.80. The fourth-order valence-electron chi connectivity index (χ4n) is 4.44. The van der Waals surface area contributed by atoms with Crippen molar-refractivity contribution in [3.8, 4) is 22.5 Å². The van der Waals surface area contributed by atoms with Gasteiger partial charge in [-0.05, 0) is 33.5 Å². The van der Waals surface area contributed by atoms with Gasteiger partial charge in [-0.3, -0.25) is 19.1 Å². The molecular formula is C26H26N8O4. The number of H-pyrrole nitrogens is 2. The Balaban J connectivity index is 1.55. The lowest BCUT2D eigenvalue weighted by Crippen LogP contribution is -2.33. The number of hydrogen-bond donors (Lipinski definition) is 2. The van der Waals surface area contributed by atoms with Gasteiger partial charge in [0, 0.05) is 18.5 Å². The van der Waals surface area contributed by atoms with Gasteiger partial charge in [-0.25, -0.2) is 14.9 Å². The molecule has 12 heteroatoms. The SMILES string of the molecule is CCCCc1nc2c(c(=O)[nH]c(=O)n2CC(=O)OC)n1Cc1ccc(-c2ccccc2-c2nnn[nH]2)cc1. The van der Waals surface area contributed by atoms with E-state index in [0.717, 1.165) is 39.7 Å². The molecule has 0 saturated carbocycles. The number of tetrazole rings is 1. The lowest BCUT2D eigenvalue weighted by atomic mass is 9.98. The fourth-order valence-corrected chi connectivity index (χ4v) is 4.44. The van der Waals surface area contributed by atoms with E-state index < -0.39 is 17.2 Å². The molecule has 3 heterocycles. The van der Waals surface area contributed by atoms with E-state index in [1.165, 1.54) is 7.11 Å². The number of esters is 1. The van der Waals surface area contributed by atoms with Crippen LogP contribution in [0.25, 0.3) is 33.7 Å². The van der Waals surface area contributed by atoms with E-state index >= 15 is 0 Å². The molecule has 5 aromatic rings. The number of carbonyl (C=O) groups excluding carboxylic acids is 1. The van der Waals surface area contributed by atoms with Crippen molar-refractivity contribution < 1.29 is 9.53 Å². The number of ether oxygens (including phenoxy) is 1. The Hall–Kier alpha value is -4.87. The number of fused-ring (bicyclic) bond motifs is 1. The molecule has 0 saturated heterocycles. The Labute approximate surface area is 216 Å². The van der Waals surface area contributed by atoms with Gasteiger partial charge in [-0.1, -0.05) is 61.9 Å². The van der Waals surface area contributed by atoms with Crippen LogP contribution < -0.4 is 11.2 Å². The van der Waals surface area contributed by atoms with Crippen LogP contribution in [-0.2, 0) is 29.0 Å². The van der Waals surface area contributed by atoms with Crippen molar-refractivity contribution in [1.29, 1.82) is 0 Å². The first-order valence-corrected chi connectivity index (χ1v) is 12.2. The first-order chi connectivity index (χ1) is 18.5. The summed E-state index contributed by atoms with van der Waals surface area (Å²) < 4.78 is 7.69. The van der Waals surface area contributed by atoms with E-state index in [1.807, 2.05) is 53.1 Å². The zero-order valence-corrected chi connectivity index (χ0v) is 21.0. The molecule has 38 heavy (non-hydrogen) atoms. The molecule has 2 N–H and O–H groups in total. The molecule has 0 aliphatic heterocycles. The van der Waals surface area contributed by atoms with Crippen LogP contribution in [0.5, 0.6) is 0 Å². The second-order valence-electron chi connectivity index (χ2n) is 8.80. The van der Waals surface area contributed by atoms with Crippen LogP contribution in [0.2, 0.25) is 0 Å². The highest BCUT2D eigenvalue weighted by Gasteiger charge is 2.20. The van der Waals surface area contributed by atoms with Gasteiger partial charge >= 0.3 is 11.7 Å². The van der Waals surface area contributed by atoms with E-state index in [0.29, 0.717) is 24.6 Å². The van der Waals surface area contributed by atoms with E-state index in [1.54, 1.807) is 0 Å². The standard InChI is InChI=1S/C26H26N8O4/c1-3-4-9-20-27-24-22(25(36)28-26(37)34(24)15-21(35)38-2)33(20)14-16-10-12-17(13-11-16)18-7-5-6-8-19(18)23-29-31-32-30-23/h5-8,10-13H,3-4,9,14-15H2,1-2H3,(H,28,36,37)(H,29,30,31,32). The summed E-state index contributed by atoms with van der Waals surface area (Å²) in [6, 6.07) is 15.8. The molecule has 0 unspecified atom stereocenters. The zero-order valence-electron chi connectivity index (χ0n) is 21.0. The molecule has 0 atom stereocenters. The van der Waals surface area contributed by atoms with E-state index in [-0.39, 0.29) is 17.7 Å². The summed E-state index contributed by atoms with van der Waals surface area (Å²) in [6.07, 6.45) is 2.41. The summed E-state index contributed by atoms with van der Waals surface area (Å²) >= 11 is 0. The summed E-state index contributed by atoms with van der Waals surface area (Å²) in [6.45, 7) is 2.09. The number of rotatable bonds is 9. The van der Waals surface area contributed by atoms with Gasteiger partial charge < -0.3 is 9.30 Å². The van der Waals surface area contributed by atoms with Crippen LogP contribution >= 0.6 is 0 Å². The molecule has 194 valence electrons. The number of carbonyl (C=O) groups is 1. The minimum absolute atomic E-state index is 0.168. The minimum Gasteiger partial charge on any atom is -0.468 e. The van der Waals surface area contributed by atoms with Crippen molar-refractivity contribution >= 4 is 17.1 Å². The number of aryl methyl sites for hydroxylation is 1. The molecule has 0 bridgehead atoms. The quantitative estimate of drug-likeness (QED) is 0.284. The monoisotopic (exact) mass is 514 g/mol. The highest BCUT2D eigenvalue weighted by Crippen LogP contribution is 2.30. The maximum atomic E-state index is 12.9. The van der Waals surface area contributed by atoms with Gasteiger partial charge in [0.15, 0.2) is 17.0 Å². The van der Waals surface area contributed by atoms with Crippen molar-refractivity contribution in [1.82, 2.24) is 39.7 Å². The summed E-state index contributed by atoms with van der Waals surface area (Å²) in [7, 11) is 1.24. The summed E-state index contributed by atoms with van der Waals surface area (Å²) in [4.78, 5) is 44.3. The van der Waals surface area contributed by atoms with E-state index in [9.17, 15) is 14.4 Å². The Bertz CT molecular complexity index is 1700. The Morgan fingerprint density at radius 3 is 2.47 bits per heavy atom. The number of hydrogen-bond acceptors (Lipinski definition) is 8. The van der Waals surface area contributed by atoms with Crippen LogP contribution in [0.15, 0.2) is 58.1 Å². The Kier molecular flexibility index (Phi) is 6.94. The van der Waals surface area contributed by atoms with Crippen LogP contribution in [0.3, 0.4) is 0 Å². The van der Waals surface area contributed by atoms with Gasteiger partial charge in [-0.2, -0.15) is 0 Å². The smallest absolute Gasteiger partial charge is 0.330 e. The van der Waals surface area contributed by atoms with Gasteiger partial charge in [0.05, 0.1) is 7.11 Å². The largest absolute Gasteiger partial charge is 0.468 e. The third kappa shape index (κ3) is 4.75. The zero-order chi connectivity index (χ0) is 26.6. The van der Waals surface area contributed by atoms with Crippen molar-refractivity contribution in [2.24, 2.45) is 0 Å². The molecule has 12 nitrogen and oxygen atoms in total. The third-order valence-corrected chi connectivity index (χ3v) is 6.37. The van der Waals surface area contributed by atoms with Crippen molar-refractivity contribution in [3.05, 3.63) is 80.8 Å². The third-order valence-electron chi connectivity index (χ3n) is 6.37. The van der Waals surface area contributed by atoms with Crippen LogP contribution in [0.1, 0.15) is 31.2 Å². The molecular weight excluding hydrogens is 488 g/mol. The molecule has 0 aliphatic carbocycles. The van der Waals surface area contributed by atoms with Gasteiger partial charge in [-0.15, -0.1) is 5.10 Å². The average molecular weight is 515 g/mol. The molecule has 2 aromatic carbocycles. The number of aromatic amines is 2. The predicted octanol–water partition coefficient (Wildman–Crippen LogP) is 2.30. The first-order valence-electron chi connectivity index (χ1n) is 12.2. The summed E-state index contributed by atoms with van der Waals surface area (Å²) in [5, 5.41) is 14.2. The molecule has 5 rings (SSSR count). The number of nitrogens with zero attached hydrogens (tertiary/aromatic N) is 6. The molecule has 0 aliphatic rings. The maximum absolute atomic E-state index is 12.9. The van der Waals surface area contributed by atoms with Crippen molar-refractivity contribution in [2.75, 3.05) is 7.11 Å². The minimum atomic E-state index is -0.704.